The van der Waals surface area contributed by atoms with Gasteiger partial charge in [0.2, 0.25) is 29.5 Å². The van der Waals surface area contributed by atoms with Crippen molar-refractivity contribution in [2.75, 3.05) is 6.54 Å². The van der Waals surface area contributed by atoms with Gasteiger partial charge in [-0.3, -0.25) is 24.0 Å². The van der Waals surface area contributed by atoms with E-state index in [2.05, 4.69) is 21.3 Å². The summed E-state index contributed by atoms with van der Waals surface area (Å²) in [5.74, 6) is -3.30. The highest BCUT2D eigenvalue weighted by Crippen LogP contribution is 2.11. The van der Waals surface area contributed by atoms with Crippen molar-refractivity contribution in [3.63, 3.8) is 0 Å². The minimum atomic E-state index is -1.04. The van der Waals surface area contributed by atoms with Crippen molar-refractivity contribution in [1.29, 1.82) is 0 Å². The molecule has 2 aromatic carbocycles. The number of aromatic hydroxyl groups is 1. The molecular weight excluding hydrogens is 516 g/mol. The average molecular weight is 555 g/mol. The Bertz CT molecular complexity index is 1170. The quantitative estimate of drug-likeness (QED) is 0.159. The summed E-state index contributed by atoms with van der Waals surface area (Å²) in [5.41, 5.74) is 12.9. The van der Waals surface area contributed by atoms with Gasteiger partial charge in [-0.1, -0.05) is 56.3 Å². The lowest BCUT2D eigenvalue weighted by molar-refractivity contribution is -0.132. The van der Waals surface area contributed by atoms with Gasteiger partial charge in [-0.05, 0) is 42.5 Å². The number of benzene rings is 2. The molecule has 12 heteroatoms. The second-order valence-corrected chi connectivity index (χ2v) is 9.87. The second-order valence-electron chi connectivity index (χ2n) is 9.87. The van der Waals surface area contributed by atoms with Gasteiger partial charge in [0.1, 0.15) is 23.9 Å². The normalized spacial score (nSPS) is 13.8. The summed E-state index contributed by atoms with van der Waals surface area (Å²) in [6.45, 7) is 4.45. The highest BCUT2D eigenvalue weighted by Gasteiger charge is 2.28. The molecule has 0 aliphatic heterocycles. The van der Waals surface area contributed by atoms with Gasteiger partial charge in [-0.2, -0.15) is 0 Å². The Balaban J connectivity index is 1.93. The molecule has 2 aromatic rings. The molecule has 12 nitrogen and oxygen atoms in total. The number of nitrogens with one attached hydrogen (secondary N) is 4. The van der Waals surface area contributed by atoms with Crippen molar-refractivity contribution in [1.82, 2.24) is 21.3 Å². The standard InChI is InChI=1S/C28H38N6O6/c1-16(2)24(25(30)37)34-28(40)22(14-18-7-5-4-6-8-18)33-23(36)15-31-26(38)17(3)32-27(39)21(29)13-19-9-11-20(35)12-10-19/h4-12,16-17,21-22,24,35H,13-15,29H2,1-3H3,(H2,30,37)(H,31,38)(H,32,39)(H,33,36)(H,34,40)/t17-,21+,22+,24+/m1/s1. The van der Waals surface area contributed by atoms with E-state index in [1.807, 2.05) is 6.07 Å². The minimum absolute atomic E-state index is 0.0912. The van der Waals surface area contributed by atoms with E-state index in [1.54, 1.807) is 50.2 Å². The molecular formula is C28H38N6O6. The highest BCUT2D eigenvalue weighted by atomic mass is 16.3. The third-order valence-electron chi connectivity index (χ3n) is 6.11. The zero-order chi connectivity index (χ0) is 29.8. The number of rotatable bonds is 14. The maximum absolute atomic E-state index is 13.0. The van der Waals surface area contributed by atoms with Crippen molar-refractivity contribution in [3.8, 4) is 5.75 Å². The summed E-state index contributed by atoms with van der Waals surface area (Å²) in [4.78, 5) is 62.3. The number of amides is 5. The predicted octanol–water partition coefficient (Wildman–Crippen LogP) is -0.763. The zero-order valence-corrected chi connectivity index (χ0v) is 22.8. The fourth-order valence-electron chi connectivity index (χ4n) is 3.81. The van der Waals surface area contributed by atoms with Crippen molar-refractivity contribution < 1.29 is 29.1 Å². The molecule has 0 aliphatic rings. The Morgan fingerprint density at radius 3 is 1.95 bits per heavy atom. The number of phenols is 1. The summed E-state index contributed by atoms with van der Waals surface area (Å²) in [6.07, 6.45) is 0.336. The van der Waals surface area contributed by atoms with Gasteiger partial charge in [0.15, 0.2) is 0 Å². The first-order chi connectivity index (χ1) is 18.9. The van der Waals surface area contributed by atoms with E-state index in [0.717, 1.165) is 11.1 Å². The molecule has 4 atom stereocenters. The number of nitrogens with two attached hydrogens (primary N) is 2. The summed E-state index contributed by atoms with van der Waals surface area (Å²) in [6, 6.07) is 11.3. The van der Waals surface area contributed by atoms with E-state index in [9.17, 15) is 29.1 Å². The molecule has 5 amide bonds. The molecule has 216 valence electrons. The summed E-state index contributed by atoms with van der Waals surface area (Å²) in [7, 11) is 0. The molecule has 9 N–H and O–H groups in total. The minimum Gasteiger partial charge on any atom is -0.508 e. The van der Waals surface area contributed by atoms with Crippen LogP contribution in [-0.4, -0.2) is 65.4 Å². The van der Waals surface area contributed by atoms with Crippen LogP contribution in [0.3, 0.4) is 0 Å². The molecule has 40 heavy (non-hydrogen) atoms. The van der Waals surface area contributed by atoms with Gasteiger partial charge in [-0.15, -0.1) is 0 Å². The third kappa shape index (κ3) is 10.4. The van der Waals surface area contributed by atoms with Gasteiger partial charge < -0.3 is 37.8 Å². The maximum Gasteiger partial charge on any atom is 0.243 e. The lowest BCUT2D eigenvalue weighted by Gasteiger charge is -2.24. The number of hydrogen-bond donors (Lipinski definition) is 7. The molecule has 0 unspecified atom stereocenters. The first kappa shape index (κ1) is 31.8. The molecule has 0 saturated carbocycles. The fourth-order valence-corrected chi connectivity index (χ4v) is 3.81. The Morgan fingerprint density at radius 1 is 0.775 bits per heavy atom. The van der Waals surface area contributed by atoms with Crippen LogP contribution in [0.5, 0.6) is 5.75 Å². The number of carbonyl (C=O) groups excluding carboxylic acids is 5. The van der Waals surface area contributed by atoms with E-state index in [1.165, 1.54) is 19.1 Å². The molecule has 0 heterocycles. The number of hydrogen-bond acceptors (Lipinski definition) is 7. The topological polar surface area (TPSA) is 206 Å². The van der Waals surface area contributed by atoms with Crippen LogP contribution in [0.1, 0.15) is 31.9 Å². The number of phenolic OH excluding ortho intramolecular Hbond substituents is 1. The largest absolute Gasteiger partial charge is 0.508 e. The van der Waals surface area contributed by atoms with Crippen molar-refractivity contribution >= 4 is 29.5 Å². The van der Waals surface area contributed by atoms with E-state index < -0.39 is 60.2 Å². The van der Waals surface area contributed by atoms with Crippen molar-refractivity contribution in [2.24, 2.45) is 17.4 Å². The second kappa shape index (κ2) is 15.2. The van der Waals surface area contributed by atoms with Crippen LogP contribution in [0, 0.1) is 5.92 Å². The van der Waals surface area contributed by atoms with E-state index in [4.69, 9.17) is 11.5 Å². The lowest BCUT2D eigenvalue weighted by atomic mass is 10.0. The molecule has 0 spiro atoms. The fraction of sp³-hybridized carbons (Fsp3) is 0.393. The first-order valence-electron chi connectivity index (χ1n) is 12.9. The molecule has 0 saturated heterocycles. The van der Waals surface area contributed by atoms with Crippen molar-refractivity contribution in [3.05, 3.63) is 65.7 Å². The van der Waals surface area contributed by atoms with Crippen LogP contribution in [0.2, 0.25) is 0 Å². The van der Waals surface area contributed by atoms with E-state index in [-0.39, 0.29) is 24.5 Å². The van der Waals surface area contributed by atoms with Gasteiger partial charge in [0.25, 0.3) is 0 Å². The molecule has 0 radical (unpaired) electrons. The predicted molar refractivity (Wildman–Crippen MR) is 148 cm³/mol. The summed E-state index contributed by atoms with van der Waals surface area (Å²) < 4.78 is 0. The average Bonchev–Trinajstić information content (AvgIpc) is 2.91. The molecule has 0 aromatic heterocycles. The Kier molecular flexibility index (Phi) is 12.1. The smallest absolute Gasteiger partial charge is 0.243 e. The zero-order valence-electron chi connectivity index (χ0n) is 22.8. The first-order valence-corrected chi connectivity index (χ1v) is 12.9. The third-order valence-corrected chi connectivity index (χ3v) is 6.11. The van der Waals surface area contributed by atoms with Crippen LogP contribution in [0.25, 0.3) is 0 Å². The highest BCUT2D eigenvalue weighted by molar-refractivity contribution is 5.94. The van der Waals surface area contributed by atoms with Crippen LogP contribution in [-0.2, 0) is 36.8 Å². The molecule has 0 fully saturated rings. The monoisotopic (exact) mass is 554 g/mol. The SMILES string of the molecule is CC(C)[C@H](NC(=O)[C@H](Cc1ccccc1)NC(=O)CNC(=O)[C@@H](C)NC(=O)[C@@H](N)Cc1ccc(O)cc1)C(N)=O. The van der Waals surface area contributed by atoms with Crippen LogP contribution in [0.15, 0.2) is 54.6 Å². The lowest BCUT2D eigenvalue weighted by Crippen LogP contribution is -2.56. The molecule has 0 aliphatic carbocycles. The van der Waals surface area contributed by atoms with Gasteiger partial charge in [-0.25, -0.2) is 0 Å². The Labute approximate surface area is 233 Å². The van der Waals surface area contributed by atoms with Gasteiger partial charge >= 0.3 is 0 Å². The molecule has 0 bridgehead atoms. The summed E-state index contributed by atoms with van der Waals surface area (Å²) in [5, 5.41) is 19.5. The van der Waals surface area contributed by atoms with E-state index >= 15 is 0 Å². The van der Waals surface area contributed by atoms with Crippen LogP contribution in [0.4, 0.5) is 0 Å². The summed E-state index contributed by atoms with van der Waals surface area (Å²) >= 11 is 0. The number of carbonyl (C=O) groups is 5. The van der Waals surface area contributed by atoms with Gasteiger partial charge in [0, 0.05) is 6.42 Å². The van der Waals surface area contributed by atoms with E-state index in [0.29, 0.717) is 0 Å². The number of primary amides is 1. The van der Waals surface area contributed by atoms with Crippen LogP contribution < -0.4 is 32.7 Å². The Hall–Kier alpha value is -4.45. The van der Waals surface area contributed by atoms with Crippen LogP contribution >= 0.6 is 0 Å². The molecule has 2 rings (SSSR count). The van der Waals surface area contributed by atoms with Gasteiger partial charge in [0.05, 0.1) is 12.6 Å². The van der Waals surface area contributed by atoms with Crippen molar-refractivity contribution in [2.45, 2.75) is 57.8 Å². The Morgan fingerprint density at radius 2 is 1.38 bits per heavy atom. The maximum atomic E-state index is 13.0.